The van der Waals surface area contributed by atoms with E-state index in [0.717, 1.165) is 18.9 Å². The third kappa shape index (κ3) is 5.02. The minimum absolute atomic E-state index is 0.259. The topological polar surface area (TPSA) is 59.6 Å². The van der Waals surface area contributed by atoms with Crippen molar-refractivity contribution in [3.63, 3.8) is 0 Å². The second kappa shape index (κ2) is 6.45. The molecule has 2 N–H and O–H groups in total. The molecule has 1 unspecified atom stereocenters. The van der Waals surface area contributed by atoms with Crippen molar-refractivity contribution in [3.8, 4) is 0 Å². The van der Waals surface area contributed by atoms with E-state index in [0.29, 0.717) is 6.04 Å². The Kier molecular flexibility index (Phi) is 4.85. The summed E-state index contributed by atoms with van der Waals surface area (Å²) in [6.45, 7) is 9.20. The quantitative estimate of drug-likeness (QED) is 0.895. The fourth-order valence-corrected chi connectivity index (χ4v) is 2.06. The van der Waals surface area contributed by atoms with Crippen LogP contribution in [0.2, 0.25) is 0 Å². The van der Waals surface area contributed by atoms with Crippen LogP contribution in [0, 0.1) is 0 Å². The molecule has 2 rings (SSSR count). The molecule has 1 atom stereocenters. The molecule has 1 aliphatic heterocycles. The highest BCUT2D eigenvalue weighted by Gasteiger charge is 2.20. The van der Waals surface area contributed by atoms with E-state index in [4.69, 9.17) is 9.47 Å². The Balaban J connectivity index is 1.87. The van der Waals surface area contributed by atoms with Crippen molar-refractivity contribution < 1.29 is 14.3 Å². The van der Waals surface area contributed by atoms with Crippen LogP contribution in [0.4, 0.5) is 10.5 Å². The zero-order chi connectivity index (χ0) is 15.5. The van der Waals surface area contributed by atoms with Crippen molar-refractivity contribution >= 4 is 11.8 Å². The summed E-state index contributed by atoms with van der Waals surface area (Å²) >= 11 is 0. The van der Waals surface area contributed by atoms with E-state index in [1.807, 2.05) is 45.0 Å². The van der Waals surface area contributed by atoms with Gasteiger partial charge in [-0.05, 0) is 45.4 Å². The molecule has 0 radical (unpaired) electrons. The first kappa shape index (κ1) is 15.8. The number of anilines is 1. The van der Waals surface area contributed by atoms with Crippen LogP contribution >= 0.6 is 0 Å². The Bertz CT molecular complexity index is 475. The van der Waals surface area contributed by atoms with Crippen molar-refractivity contribution in [1.82, 2.24) is 5.32 Å². The molecule has 1 fully saturated rings. The van der Waals surface area contributed by atoms with Gasteiger partial charge in [-0.25, -0.2) is 4.79 Å². The van der Waals surface area contributed by atoms with Crippen LogP contribution in [-0.4, -0.2) is 30.9 Å². The first-order chi connectivity index (χ1) is 9.83. The van der Waals surface area contributed by atoms with Crippen molar-refractivity contribution in [2.24, 2.45) is 0 Å². The Labute approximate surface area is 126 Å². The van der Waals surface area contributed by atoms with Gasteiger partial charge in [-0.2, -0.15) is 0 Å². The number of carbonyl (C=O) groups is 1. The van der Waals surface area contributed by atoms with Crippen molar-refractivity contribution in [2.75, 3.05) is 18.5 Å². The number of hydrogen-bond acceptors (Lipinski definition) is 4. The van der Waals surface area contributed by atoms with Gasteiger partial charge < -0.3 is 14.8 Å². The number of hydrogen-bond donors (Lipinski definition) is 2. The summed E-state index contributed by atoms with van der Waals surface area (Å²) in [4.78, 5) is 11.7. The zero-order valence-electron chi connectivity index (χ0n) is 13.1. The highest BCUT2D eigenvalue weighted by atomic mass is 16.6. The molecule has 0 bridgehead atoms. The van der Waals surface area contributed by atoms with Gasteiger partial charge in [0.2, 0.25) is 0 Å². The van der Waals surface area contributed by atoms with Crippen molar-refractivity contribution in [2.45, 2.75) is 45.4 Å². The summed E-state index contributed by atoms with van der Waals surface area (Å²) in [5, 5.41) is 6.21. The van der Waals surface area contributed by atoms with Crippen LogP contribution < -0.4 is 10.6 Å². The smallest absolute Gasteiger partial charge is 0.412 e. The van der Waals surface area contributed by atoms with Gasteiger partial charge in [0, 0.05) is 11.7 Å². The van der Waals surface area contributed by atoms with Crippen LogP contribution in [0.25, 0.3) is 0 Å². The third-order valence-electron chi connectivity index (χ3n) is 3.18. The minimum Gasteiger partial charge on any atom is -0.444 e. The van der Waals surface area contributed by atoms with Crippen molar-refractivity contribution in [1.29, 1.82) is 0 Å². The lowest BCUT2D eigenvalue weighted by molar-refractivity contribution is -0.00925. The highest BCUT2D eigenvalue weighted by Crippen LogP contribution is 2.18. The molecule has 0 aromatic heterocycles. The average Bonchev–Trinajstić information content (AvgIpc) is 2.32. The molecule has 1 heterocycles. The number of amides is 1. The van der Waals surface area contributed by atoms with E-state index in [9.17, 15) is 4.79 Å². The van der Waals surface area contributed by atoms with E-state index >= 15 is 0 Å². The first-order valence-electron chi connectivity index (χ1n) is 7.27. The second-order valence-electron chi connectivity index (χ2n) is 6.37. The van der Waals surface area contributed by atoms with Crippen LogP contribution in [0.1, 0.15) is 39.3 Å². The maximum Gasteiger partial charge on any atom is 0.412 e. The first-order valence-corrected chi connectivity index (χ1v) is 7.27. The lowest BCUT2D eigenvalue weighted by Gasteiger charge is -2.30. The normalized spacial score (nSPS) is 17.0. The number of nitrogens with one attached hydrogen (secondary N) is 2. The molecular formula is C16H24N2O3. The second-order valence-corrected chi connectivity index (χ2v) is 6.37. The number of ether oxygens (including phenoxy) is 2. The van der Waals surface area contributed by atoms with E-state index < -0.39 is 11.7 Å². The van der Waals surface area contributed by atoms with Crippen LogP contribution in [0.15, 0.2) is 24.3 Å². The Hall–Kier alpha value is -1.59. The Morgan fingerprint density at radius 1 is 1.29 bits per heavy atom. The predicted octanol–water partition coefficient (Wildman–Crippen LogP) is 3.08. The Morgan fingerprint density at radius 2 is 1.90 bits per heavy atom. The van der Waals surface area contributed by atoms with Crippen LogP contribution in [0.3, 0.4) is 0 Å². The Morgan fingerprint density at radius 3 is 2.38 bits per heavy atom. The number of carbonyl (C=O) groups excluding carboxylic acids is 1. The number of benzene rings is 1. The molecule has 1 aromatic carbocycles. The maximum atomic E-state index is 11.7. The van der Waals surface area contributed by atoms with E-state index in [-0.39, 0.29) is 6.04 Å². The summed E-state index contributed by atoms with van der Waals surface area (Å²) < 4.78 is 10.4. The van der Waals surface area contributed by atoms with Gasteiger partial charge in [0.05, 0.1) is 19.3 Å². The zero-order valence-corrected chi connectivity index (χ0v) is 13.1. The fraction of sp³-hybridized carbons (Fsp3) is 0.562. The summed E-state index contributed by atoms with van der Waals surface area (Å²) in [5.74, 6) is 0. The lowest BCUT2D eigenvalue weighted by Crippen LogP contribution is -2.46. The van der Waals surface area contributed by atoms with Crippen molar-refractivity contribution in [3.05, 3.63) is 29.8 Å². The molecule has 5 heteroatoms. The maximum absolute atomic E-state index is 11.7. The SMILES string of the molecule is CC(NC1COC1)c1ccc(NC(=O)OC(C)(C)C)cc1. The van der Waals surface area contributed by atoms with E-state index in [2.05, 4.69) is 17.6 Å². The molecule has 1 saturated heterocycles. The summed E-state index contributed by atoms with van der Waals surface area (Å²) in [7, 11) is 0. The van der Waals surface area contributed by atoms with Crippen LogP contribution in [-0.2, 0) is 9.47 Å². The van der Waals surface area contributed by atoms with E-state index in [1.165, 1.54) is 5.56 Å². The summed E-state index contributed by atoms with van der Waals surface area (Å²) in [5.41, 5.74) is 1.41. The molecule has 5 nitrogen and oxygen atoms in total. The molecule has 1 aliphatic rings. The van der Waals surface area contributed by atoms with Gasteiger partial charge in [0.25, 0.3) is 0 Å². The van der Waals surface area contributed by atoms with Crippen LogP contribution in [0.5, 0.6) is 0 Å². The van der Waals surface area contributed by atoms with Gasteiger partial charge in [0.1, 0.15) is 5.60 Å². The minimum atomic E-state index is -0.493. The standard InChI is InChI=1S/C16H24N2O3/c1-11(17-14-9-20-10-14)12-5-7-13(8-6-12)18-15(19)21-16(2,3)4/h5-8,11,14,17H,9-10H2,1-4H3,(H,18,19). The van der Waals surface area contributed by atoms with Gasteiger partial charge >= 0.3 is 6.09 Å². The van der Waals surface area contributed by atoms with E-state index in [1.54, 1.807) is 0 Å². The van der Waals surface area contributed by atoms with Gasteiger partial charge in [0.15, 0.2) is 0 Å². The van der Waals surface area contributed by atoms with Gasteiger partial charge in [-0.3, -0.25) is 5.32 Å². The lowest BCUT2D eigenvalue weighted by atomic mass is 10.1. The summed E-state index contributed by atoms with van der Waals surface area (Å²) in [6, 6.07) is 8.48. The molecular weight excluding hydrogens is 268 g/mol. The molecule has 1 aromatic rings. The monoisotopic (exact) mass is 292 g/mol. The highest BCUT2D eigenvalue weighted by molar-refractivity contribution is 5.84. The average molecular weight is 292 g/mol. The third-order valence-corrected chi connectivity index (χ3v) is 3.18. The molecule has 0 spiro atoms. The molecule has 1 amide bonds. The number of rotatable bonds is 4. The molecule has 0 aliphatic carbocycles. The molecule has 0 saturated carbocycles. The largest absolute Gasteiger partial charge is 0.444 e. The summed E-state index contributed by atoms with van der Waals surface area (Å²) in [6.07, 6.45) is -0.437. The molecule has 21 heavy (non-hydrogen) atoms. The molecule has 116 valence electrons. The fourth-order valence-electron chi connectivity index (χ4n) is 2.06. The van der Waals surface area contributed by atoms with Gasteiger partial charge in [-0.1, -0.05) is 12.1 Å². The van der Waals surface area contributed by atoms with Gasteiger partial charge in [-0.15, -0.1) is 0 Å². The predicted molar refractivity (Wildman–Crippen MR) is 82.5 cm³/mol.